The van der Waals surface area contributed by atoms with Crippen molar-refractivity contribution in [2.45, 2.75) is 32.9 Å². The van der Waals surface area contributed by atoms with E-state index in [0.717, 1.165) is 13.1 Å². The Bertz CT molecular complexity index is 218. The number of carbonyl (C=O) groups is 1. The summed E-state index contributed by atoms with van der Waals surface area (Å²) < 4.78 is 0. The van der Waals surface area contributed by atoms with E-state index in [1.165, 1.54) is 0 Å². The molecule has 1 heterocycles. The van der Waals surface area contributed by atoms with Crippen molar-refractivity contribution in [1.82, 2.24) is 15.5 Å². The van der Waals surface area contributed by atoms with Crippen molar-refractivity contribution >= 4 is 5.91 Å². The number of amides is 1. The first-order chi connectivity index (χ1) is 7.04. The molecule has 15 heavy (non-hydrogen) atoms. The van der Waals surface area contributed by atoms with Crippen LogP contribution in [0.5, 0.6) is 0 Å². The number of nitrogens with one attached hydrogen (secondary N) is 2. The smallest absolute Gasteiger partial charge is 0.234 e. The molecule has 4 nitrogen and oxygen atoms in total. The molecule has 1 aliphatic heterocycles. The molecule has 2 N–H and O–H groups in total. The van der Waals surface area contributed by atoms with Gasteiger partial charge in [0.05, 0.1) is 6.54 Å². The molecule has 1 saturated heterocycles. The van der Waals surface area contributed by atoms with E-state index in [0.29, 0.717) is 24.5 Å². The molecule has 1 fully saturated rings. The highest BCUT2D eigenvalue weighted by molar-refractivity contribution is 5.79. The lowest BCUT2D eigenvalue weighted by Gasteiger charge is -2.38. The van der Waals surface area contributed by atoms with Crippen molar-refractivity contribution in [3.05, 3.63) is 0 Å². The molecular formula is C11H23N3O. The molecule has 0 aliphatic carbocycles. The topological polar surface area (TPSA) is 44.4 Å². The largest absolute Gasteiger partial charge is 0.351 e. The third kappa shape index (κ3) is 3.47. The van der Waals surface area contributed by atoms with E-state index in [4.69, 9.17) is 0 Å². The number of carbonyl (C=O) groups excluding carboxylic acids is 1. The van der Waals surface area contributed by atoms with Gasteiger partial charge in [-0.2, -0.15) is 0 Å². The van der Waals surface area contributed by atoms with E-state index in [-0.39, 0.29) is 5.91 Å². The van der Waals surface area contributed by atoms with Crippen molar-refractivity contribution in [3.63, 3.8) is 0 Å². The first kappa shape index (κ1) is 12.5. The van der Waals surface area contributed by atoms with Crippen LogP contribution in [0.15, 0.2) is 0 Å². The molecule has 0 radical (unpaired) electrons. The SMILES string of the molecule is CNCC(C)N1CC(=O)NC(C(C)C)C1. The number of piperazine rings is 1. The van der Waals surface area contributed by atoms with Gasteiger partial charge in [-0.1, -0.05) is 13.8 Å². The molecule has 0 spiro atoms. The summed E-state index contributed by atoms with van der Waals surface area (Å²) in [4.78, 5) is 13.8. The summed E-state index contributed by atoms with van der Waals surface area (Å²) in [5, 5.41) is 6.19. The van der Waals surface area contributed by atoms with Gasteiger partial charge in [0.1, 0.15) is 0 Å². The zero-order valence-electron chi connectivity index (χ0n) is 10.2. The minimum absolute atomic E-state index is 0.155. The summed E-state index contributed by atoms with van der Waals surface area (Å²) >= 11 is 0. The zero-order valence-corrected chi connectivity index (χ0v) is 10.2. The van der Waals surface area contributed by atoms with Gasteiger partial charge in [-0.25, -0.2) is 0 Å². The van der Waals surface area contributed by atoms with E-state index in [1.807, 2.05) is 7.05 Å². The lowest BCUT2D eigenvalue weighted by Crippen LogP contribution is -2.59. The van der Waals surface area contributed by atoms with Gasteiger partial charge in [-0.05, 0) is 19.9 Å². The Morgan fingerprint density at radius 1 is 1.53 bits per heavy atom. The van der Waals surface area contributed by atoms with Crippen LogP contribution in [-0.2, 0) is 4.79 Å². The average molecular weight is 213 g/mol. The number of nitrogens with zero attached hydrogens (tertiary/aromatic N) is 1. The van der Waals surface area contributed by atoms with Crippen LogP contribution in [-0.4, -0.2) is 49.6 Å². The fourth-order valence-electron chi connectivity index (χ4n) is 1.94. The molecule has 4 heteroatoms. The standard InChI is InChI=1S/C11H23N3O/c1-8(2)10-6-14(7-11(15)13-10)9(3)5-12-4/h8-10,12H,5-7H2,1-4H3,(H,13,15). The van der Waals surface area contributed by atoms with Crippen molar-refractivity contribution in [1.29, 1.82) is 0 Å². The van der Waals surface area contributed by atoms with Crippen LogP contribution in [0.1, 0.15) is 20.8 Å². The molecule has 0 saturated carbocycles. The van der Waals surface area contributed by atoms with Gasteiger partial charge in [0.25, 0.3) is 0 Å². The van der Waals surface area contributed by atoms with Gasteiger partial charge in [-0.3, -0.25) is 9.69 Å². The fraction of sp³-hybridized carbons (Fsp3) is 0.909. The summed E-state index contributed by atoms with van der Waals surface area (Å²) in [7, 11) is 1.94. The average Bonchev–Trinajstić information content (AvgIpc) is 2.17. The van der Waals surface area contributed by atoms with Crippen LogP contribution in [0.4, 0.5) is 0 Å². The molecule has 1 rings (SSSR count). The van der Waals surface area contributed by atoms with Crippen LogP contribution in [0.25, 0.3) is 0 Å². The molecule has 2 atom stereocenters. The second-order valence-corrected chi connectivity index (χ2v) is 4.75. The van der Waals surface area contributed by atoms with Crippen LogP contribution in [0.3, 0.4) is 0 Å². The summed E-state index contributed by atoms with van der Waals surface area (Å²) in [6, 6.07) is 0.716. The van der Waals surface area contributed by atoms with Crippen molar-refractivity contribution in [3.8, 4) is 0 Å². The molecule has 0 bridgehead atoms. The number of hydrogen-bond donors (Lipinski definition) is 2. The number of rotatable bonds is 4. The molecule has 88 valence electrons. The maximum Gasteiger partial charge on any atom is 0.234 e. The molecule has 2 unspecified atom stereocenters. The monoisotopic (exact) mass is 213 g/mol. The molecule has 0 aromatic carbocycles. The highest BCUT2D eigenvalue weighted by atomic mass is 16.2. The predicted octanol–water partition coefficient (Wildman–Crippen LogP) is 0.0507. The lowest BCUT2D eigenvalue weighted by atomic mass is 10.0. The Hall–Kier alpha value is -0.610. The summed E-state index contributed by atoms with van der Waals surface area (Å²) in [5.74, 6) is 0.654. The van der Waals surface area contributed by atoms with Gasteiger partial charge in [0, 0.05) is 25.2 Å². The first-order valence-corrected chi connectivity index (χ1v) is 5.72. The zero-order chi connectivity index (χ0) is 11.4. The van der Waals surface area contributed by atoms with E-state index in [2.05, 4.69) is 36.3 Å². The van der Waals surface area contributed by atoms with Gasteiger partial charge < -0.3 is 10.6 Å². The number of hydrogen-bond acceptors (Lipinski definition) is 3. The Morgan fingerprint density at radius 2 is 2.20 bits per heavy atom. The van der Waals surface area contributed by atoms with Crippen LogP contribution < -0.4 is 10.6 Å². The van der Waals surface area contributed by atoms with E-state index in [9.17, 15) is 4.79 Å². The van der Waals surface area contributed by atoms with E-state index in [1.54, 1.807) is 0 Å². The van der Waals surface area contributed by atoms with Crippen molar-refractivity contribution in [2.24, 2.45) is 5.92 Å². The van der Waals surface area contributed by atoms with Crippen LogP contribution in [0.2, 0.25) is 0 Å². The second-order valence-electron chi connectivity index (χ2n) is 4.75. The van der Waals surface area contributed by atoms with Gasteiger partial charge in [-0.15, -0.1) is 0 Å². The minimum atomic E-state index is 0.155. The summed E-state index contributed by atoms with van der Waals surface area (Å²) in [6.07, 6.45) is 0. The predicted molar refractivity (Wildman–Crippen MR) is 61.7 cm³/mol. The Labute approximate surface area is 92.4 Å². The van der Waals surface area contributed by atoms with Gasteiger partial charge >= 0.3 is 0 Å². The van der Waals surface area contributed by atoms with Crippen LogP contribution >= 0.6 is 0 Å². The third-order valence-corrected chi connectivity index (χ3v) is 3.05. The maximum atomic E-state index is 11.5. The fourth-order valence-corrected chi connectivity index (χ4v) is 1.94. The Morgan fingerprint density at radius 3 is 2.73 bits per heavy atom. The minimum Gasteiger partial charge on any atom is -0.351 e. The molecule has 1 aliphatic rings. The summed E-state index contributed by atoms with van der Waals surface area (Å²) in [5.41, 5.74) is 0. The third-order valence-electron chi connectivity index (χ3n) is 3.05. The summed E-state index contributed by atoms with van der Waals surface area (Å²) in [6.45, 7) is 8.89. The van der Waals surface area contributed by atoms with E-state index < -0.39 is 0 Å². The molecule has 0 aromatic heterocycles. The Balaban J connectivity index is 2.55. The van der Waals surface area contributed by atoms with E-state index >= 15 is 0 Å². The maximum absolute atomic E-state index is 11.5. The van der Waals surface area contributed by atoms with Crippen LogP contribution in [0, 0.1) is 5.92 Å². The molecule has 1 amide bonds. The van der Waals surface area contributed by atoms with Crippen molar-refractivity contribution in [2.75, 3.05) is 26.7 Å². The van der Waals surface area contributed by atoms with Gasteiger partial charge in [0.15, 0.2) is 0 Å². The van der Waals surface area contributed by atoms with Gasteiger partial charge in [0.2, 0.25) is 5.91 Å². The number of likely N-dealkylation sites (N-methyl/N-ethyl adjacent to an activating group) is 1. The Kier molecular flexibility index (Phi) is 4.54. The molecule has 0 aromatic rings. The lowest BCUT2D eigenvalue weighted by molar-refractivity contribution is -0.126. The quantitative estimate of drug-likeness (QED) is 0.693. The van der Waals surface area contributed by atoms with Crippen molar-refractivity contribution < 1.29 is 4.79 Å². The molecular weight excluding hydrogens is 190 g/mol. The first-order valence-electron chi connectivity index (χ1n) is 5.72. The highest BCUT2D eigenvalue weighted by Crippen LogP contribution is 2.11. The highest BCUT2D eigenvalue weighted by Gasteiger charge is 2.28. The second kappa shape index (κ2) is 5.47. The normalized spacial score (nSPS) is 25.4.